The highest BCUT2D eigenvalue weighted by Crippen LogP contribution is 2.29. The van der Waals surface area contributed by atoms with Crippen LogP contribution in [0.3, 0.4) is 0 Å². The average molecular weight is 415 g/mol. The number of benzene rings is 1. The van der Waals surface area contributed by atoms with Gasteiger partial charge in [0.25, 0.3) is 11.8 Å². The summed E-state index contributed by atoms with van der Waals surface area (Å²) < 4.78 is 5.16. The van der Waals surface area contributed by atoms with Crippen molar-refractivity contribution in [2.75, 3.05) is 11.9 Å². The predicted octanol–water partition coefficient (Wildman–Crippen LogP) is 4.10. The number of anilines is 1. The van der Waals surface area contributed by atoms with Crippen LogP contribution in [0.1, 0.15) is 53.1 Å². The maximum atomic E-state index is 12.3. The molecule has 0 spiro atoms. The molecule has 1 aliphatic rings. The molecule has 0 saturated heterocycles. The topological polar surface area (TPSA) is 84.5 Å². The lowest BCUT2D eigenvalue weighted by Crippen LogP contribution is -2.45. The number of ether oxygens (including phenoxy) is 1. The molecule has 0 radical (unpaired) electrons. The number of thiophene rings is 1. The zero-order chi connectivity index (χ0) is 20.8. The van der Waals surface area contributed by atoms with Gasteiger partial charge in [-0.15, -0.1) is 11.3 Å². The molecule has 1 aromatic carbocycles. The van der Waals surface area contributed by atoms with Crippen LogP contribution in [0.4, 0.5) is 5.69 Å². The van der Waals surface area contributed by atoms with E-state index < -0.39 is 5.97 Å². The van der Waals surface area contributed by atoms with Gasteiger partial charge in [-0.25, -0.2) is 4.79 Å². The second kappa shape index (κ2) is 9.69. The van der Waals surface area contributed by atoms with Crippen LogP contribution < -0.4 is 10.6 Å². The van der Waals surface area contributed by atoms with Crippen molar-refractivity contribution in [3.05, 3.63) is 52.2 Å². The molecule has 2 N–H and O–H groups in total. The maximum absolute atomic E-state index is 12.3. The minimum absolute atomic E-state index is 0.126. The fourth-order valence-electron chi connectivity index (χ4n) is 3.57. The first-order chi connectivity index (χ1) is 13.9. The van der Waals surface area contributed by atoms with Crippen molar-refractivity contribution in [1.29, 1.82) is 0 Å². The summed E-state index contributed by atoms with van der Waals surface area (Å²) in [5, 5.41) is 7.56. The molecular formula is C22H26N2O4S. The first-order valence-corrected chi connectivity index (χ1v) is 10.7. The Morgan fingerprint density at radius 2 is 1.97 bits per heavy atom. The molecular weight excluding hydrogens is 388 g/mol. The van der Waals surface area contributed by atoms with Crippen LogP contribution in [0, 0.1) is 11.8 Å². The van der Waals surface area contributed by atoms with Crippen LogP contribution in [0.15, 0.2) is 41.8 Å². The van der Waals surface area contributed by atoms with E-state index in [0.717, 1.165) is 12.8 Å². The number of esters is 1. The number of nitrogens with one attached hydrogen (secondary N) is 2. The summed E-state index contributed by atoms with van der Waals surface area (Å²) >= 11 is 1.34. The molecule has 0 bridgehead atoms. The van der Waals surface area contributed by atoms with Crippen molar-refractivity contribution in [2.45, 2.75) is 39.2 Å². The monoisotopic (exact) mass is 414 g/mol. The minimum Gasteiger partial charge on any atom is -0.452 e. The zero-order valence-electron chi connectivity index (χ0n) is 16.6. The van der Waals surface area contributed by atoms with Gasteiger partial charge in [0.1, 0.15) is 0 Å². The van der Waals surface area contributed by atoms with E-state index >= 15 is 0 Å². The fourth-order valence-corrected chi connectivity index (χ4v) is 4.19. The molecule has 1 fully saturated rings. The summed E-state index contributed by atoms with van der Waals surface area (Å²) in [5.41, 5.74) is 0.772. The van der Waals surface area contributed by atoms with Crippen molar-refractivity contribution in [2.24, 2.45) is 11.8 Å². The molecule has 1 aliphatic carbocycles. The van der Waals surface area contributed by atoms with E-state index in [1.165, 1.54) is 23.8 Å². The highest BCUT2D eigenvalue weighted by atomic mass is 32.1. The van der Waals surface area contributed by atoms with E-state index in [2.05, 4.69) is 24.5 Å². The Balaban J connectivity index is 1.51. The number of hydrogen-bond donors (Lipinski definition) is 2. The molecule has 1 heterocycles. The average Bonchev–Trinajstić information content (AvgIpc) is 3.25. The predicted molar refractivity (Wildman–Crippen MR) is 113 cm³/mol. The molecule has 1 saturated carbocycles. The molecule has 2 aromatic rings. The van der Waals surface area contributed by atoms with E-state index in [4.69, 9.17) is 4.74 Å². The van der Waals surface area contributed by atoms with Crippen molar-refractivity contribution in [3.8, 4) is 0 Å². The van der Waals surface area contributed by atoms with Crippen LogP contribution in [0.2, 0.25) is 0 Å². The van der Waals surface area contributed by atoms with Crippen molar-refractivity contribution in [3.63, 3.8) is 0 Å². The Kier molecular flexibility index (Phi) is 7.04. The summed E-state index contributed by atoms with van der Waals surface area (Å²) in [5.74, 6) is -0.139. The smallest absolute Gasteiger partial charge is 0.338 e. The molecule has 7 heteroatoms. The molecule has 3 rings (SSSR count). The van der Waals surface area contributed by atoms with Gasteiger partial charge < -0.3 is 15.4 Å². The van der Waals surface area contributed by atoms with Crippen molar-refractivity contribution < 1.29 is 19.1 Å². The van der Waals surface area contributed by atoms with Crippen LogP contribution >= 0.6 is 11.3 Å². The van der Waals surface area contributed by atoms with Gasteiger partial charge in [-0.1, -0.05) is 38.8 Å². The third-order valence-electron chi connectivity index (χ3n) is 5.49. The highest BCUT2D eigenvalue weighted by molar-refractivity contribution is 7.12. The highest BCUT2D eigenvalue weighted by Gasteiger charge is 2.28. The van der Waals surface area contributed by atoms with Gasteiger partial charge >= 0.3 is 5.97 Å². The van der Waals surface area contributed by atoms with Gasteiger partial charge in [-0.05, 0) is 47.9 Å². The molecule has 3 atom stereocenters. The fraction of sp³-hybridized carbons (Fsp3) is 0.409. The quantitative estimate of drug-likeness (QED) is 0.697. The molecule has 0 unspecified atom stereocenters. The summed E-state index contributed by atoms with van der Waals surface area (Å²) in [6, 6.07) is 10.1. The Labute approximate surface area is 174 Å². The Morgan fingerprint density at radius 1 is 1.14 bits per heavy atom. The van der Waals surface area contributed by atoms with E-state index in [-0.39, 0.29) is 30.0 Å². The van der Waals surface area contributed by atoms with Crippen LogP contribution in [0.5, 0.6) is 0 Å². The summed E-state index contributed by atoms with van der Waals surface area (Å²) in [6.07, 6.45) is 3.24. The minimum atomic E-state index is -0.600. The van der Waals surface area contributed by atoms with Crippen LogP contribution in [-0.2, 0) is 9.53 Å². The van der Waals surface area contributed by atoms with Gasteiger partial charge in [0.15, 0.2) is 6.61 Å². The third-order valence-corrected chi connectivity index (χ3v) is 6.36. The van der Waals surface area contributed by atoms with Gasteiger partial charge in [0.05, 0.1) is 10.4 Å². The van der Waals surface area contributed by atoms with Crippen molar-refractivity contribution >= 4 is 34.8 Å². The van der Waals surface area contributed by atoms with Gasteiger partial charge in [0, 0.05) is 11.7 Å². The molecule has 29 heavy (non-hydrogen) atoms. The summed E-state index contributed by atoms with van der Waals surface area (Å²) in [7, 11) is 0. The number of carbonyl (C=O) groups excluding carboxylic acids is 3. The first kappa shape index (κ1) is 21.0. The standard InChI is InChI=1S/C22H26N2O4S/c1-14-6-3-9-18(15(14)2)24-20(25)13-28-22(27)16-7-4-8-17(12-16)23-21(26)19-10-5-11-29-19/h4-5,7-8,10-12,14-15,18H,3,6,9,13H2,1-2H3,(H,23,26)(H,24,25)/t14-,15-,18+/m1/s1. The van der Waals surface area contributed by atoms with E-state index in [1.807, 2.05) is 5.38 Å². The van der Waals surface area contributed by atoms with Gasteiger partial charge in [-0.3, -0.25) is 9.59 Å². The van der Waals surface area contributed by atoms with Crippen LogP contribution in [-0.4, -0.2) is 30.4 Å². The lowest BCUT2D eigenvalue weighted by molar-refractivity contribution is -0.125. The maximum Gasteiger partial charge on any atom is 0.338 e. The largest absolute Gasteiger partial charge is 0.452 e. The first-order valence-electron chi connectivity index (χ1n) is 9.85. The molecule has 0 aliphatic heterocycles. The third kappa shape index (κ3) is 5.67. The van der Waals surface area contributed by atoms with Crippen LogP contribution in [0.25, 0.3) is 0 Å². The molecule has 154 valence electrons. The van der Waals surface area contributed by atoms with E-state index in [9.17, 15) is 14.4 Å². The van der Waals surface area contributed by atoms with Gasteiger partial charge in [-0.2, -0.15) is 0 Å². The van der Waals surface area contributed by atoms with Gasteiger partial charge in [0.2, 0.25) is 0 Å². The molecule has 2 amide bonds. The van der Waals surface area contributed by atoms with Crippen molar-refractivity contribution in [1.82, 2.24) is 5.32 Å². The molecule has 1 aromatic heterocycles. The number of amides is 2. The number of hydrogen-bond acceptors (Lipinski definition) is 5. The normalized spacial score (nSPS) is 21.2. The second-order valence-electron chi connectivity index (χ2n) is 7.53. The number of carbonyl (C=O) groups is 3. The SMILES string of the molecule is C[C@@H]1[C@H](C)CCC[C@@H]1NC(=O)COC(=O)c1cccc(NC(=O)c2cccs2)c1. The molecule has 6 nitrogen and oxygen atoms in total. The number of rotatable bonds is 6. The summed E-state index contributed by atoms with van der Waals surface area (Å²) in [4.78, 5) is 37.2. The second-order valence-corrected chi connectivity index (χ2v) is 8.48. The Morgan fingerprint density at radius 3 is 2.72 bits per heavy atom. The zero-order valence-corrected chi connectivity index (χ0v) is 17.5. The lowest BCUT2D eigenvalue weighted by Gasteiger charge is -2.34. The van der Waals surface area contributed by atoms with E-state index in [0.29, 0.717) is 22.4 Å². The lowest BCUT2D eigenvalue weighted by atomic mass is 9.78. The Bertz CT molecular complexity index is 865. The Hall–Kier alpha value is -2.67. The van der Waals surface area contributed by atoms with E-state index in [1.54, 1.807) is 30.3 Å². The summed E-state index contributed by atoms with van der Waals surface area (Å²) in [6.45, 7) is 4.03.